The summed E-state index contributed by atoms with van der Waals surface area (Å²) in [5.41, 5.74) is 4.45. The number of carboxylic acids is 1. The molecule has 1 unspecified atom stereocenters. The van der Waals surface area contributed by atoms with E-state index in [0.29, 0.717) is 13.0 Å². The lowest BCUT2D eigenvalue weighted by molar-refractivity contribution is -0.143. The molecule has 0 aromatic rings. The van der Waals surface area contributed by atoms with E-state index in [4.69, 9.17) is 21.4 Å². The van der Waals surface area contributed by atoms with Crippen LogP contribution in [0.15, 0.2) is 0 Å². The molecule has 21 heavy (non-hydrogen) atoms. The highest BCUT2D eigenvalue weighted by molar-refractivity contribution is 5.81. The Morgan fingerprint density at radius 2 is 1.86 bits per heavy atom. The van der Waals surface area contributed by atoms with Crippen LogP contribution in [0.1, 0.15) is 19.3 Å². The smallest absolute Gasteiger partial charge is 0.325 e. The van der Waals surface area contributed by atoms with Gasteiger partial charge in [0.1, 0.15) is 5.54 Å². The van der Waals surface area contributed by atoms with Crippen LogP contribution in [0.2, 0.25) is 0 Å². The number of hydrogen-bond donors (Lipinski definition) is 2. The number of hydrogen-bond acceptors (Lipinski definition) is 6. The monoisotopic (exact) mass is 293 g/mol. The molecule has 0 aliphatic carbocycles. The molecule has 1 atom stereocenters. The fraction of sp³-hybridized carbons (Fsp3) is 0.692. The lowest BCUT2D eigenvalue weighted by Gasteiger charge is -2.24. The van der Waals surface area contributed by atoms with Crippen LogP contribution in [0.5, 0.6) is 0 Å². The Bertz CT molecular complexity index is 463. The maximum Gasteiger partial charge on any atom is 0.325 e. The van der Waals surface area contributed by atoms with Crippen molar-refractivity contribution in [3.05, 3.63) is 0 Å². The normalized spacial score (nSPS) is 21.5. The number of carbonyl (C=O) groups is 2. The minimum Gasteiger partial charge on any atom is -0.480 e. The first kappa shape index (κ1) is 16.9. The fourth-order valence-corrected chi connectivity index (χ4v) is 2.25. The number of nitriles is 2. The summed E-state index contributed by atoms with van der Waals surface area (Å²) < 4.78 is 0. The average Bonchev–Trinajstić information content (AvgIpc) is 2.81. The van der Waals surface area contributed by atoms with Crippen LogP contribution in [-0.2, 0) is 9.59 Å². The highest BCUT2D eigenvalue weighted by atomic mass is 16.4. The summed E-state index contributed by atoms with van der Waals surface area (Å²) in [6.45, 7) is 1.18. The lowest BCUT2D eigenvalue weighted by atomic mass is 10.0. The van der Waals surface area contributed by atoms with Crippen molar-refractivity contribution in [2.75, 3.05) is 32.7 Å². The standard InChI is InChI=1S/C13H19N5O3/c14-4-1-6-18(7-2-5-15)11(19)9-17-8-3-13(16,10-17)12(20)21/h1-3,6-10,16H2,(H,20,21). The predicted molar refractivity (Wildman–Crippen MR) is 72.7 cm³/mol. The number of aliphatic carboxylic acids is 1. The molecule has 0 radical (unpaired) electrons. The van der Waals surface area contributed by atoms with Gasteiger partial charge >= 0.3 is 5.97 Å². The number of likely N-dealkylation sites (tertiary alicyclic amines) is 1. The van der Waals surface area contributed by atoms with E-state index in [0.717, 1.165) is 0 Å². The van der Waals surface area contributed by atoms with E-state index in [2.05, 4.69) is 0 Å². The largest absolute Gasteiger partial charge is 0.480 e. The predicted octanol–water partition coefficient (Wildman–Crippen LogP) is -0.870. The summed E-state index contributed by atoms with van der Waals surface area (Å²) in [5.74, 6) is -1.28. The number of carbonyl (C=O) groups excluding carboxylic acids is 1. The molecule has 0 spiro atoms. The van der Waals surface area contributed by atoms with E-state index in [1.54, 1.807) is 4.90 Å². The summed E-state index contributed by atoms with van der Waals surface area (Å²) in [6, 6.07) is 3.93. The van der Waals surface area contributed by atoms with Gasteiger partial charge in [0.05, 0.1) is 31.5 Å². The first-order chi connectivity index (χ1) is 9.92. The molecule has 1 saturated heterocycles. The molecule has 0 saturated carbocycles. The van der Waals surface area contributed by atoms with Crippen molar-refractivity contribution in [3.8, 4) is 12.1 Å². The summed E-state index contributed by atoms with van der Waals surface area (Å²) >= 11 is 0. The number of amides is 1. The van der Waals surface area contributed by atoms with Crippen molar-refractivity contribution < 1.29 is 14.7 Å². The van der Waals surface area contributed by atoms with Crippen LogP contribution in [0.25, 0.3) is 0 Å². The second-order valence-electron chi connectivity index (χ2n) is 5.12. The Morgan fingerprint density at radius 1 is 1.29 bits per heavy atom. The van der Waals surface area contributed by atoms with Crippen molar-refractivity contribution >= 4 is 11.9 Å². The molecule has 8 heteroatoms. The van der Waals surface area contributed by atoms with Gasteiger partial charge in [-0.3, -0.25) is 14.5 Å². The van der Waals surface area contributed by atoms with Gasteiger partial charge in [-0.15, -0.1) is 0 Å². The number of nitrogens with zero attached hydrogens (tertiary/aromatic N) is 4. The topological polar surface area (TPSA) is 134 Å². The van der Waals surface area contributed by atoms with Crippen molar-refractivity contribution in [1.29, 1.82) is 10.5 Å². The first-order valence-electron chi connectivity index (χ1n) is 6.69. The number of carboxylic acid groups (broad SMARTS) is 1. The molecule has 1 amide bonds. The maximum atomic E-state index is 12.2. The minimum atomic E-state index is -1.30. The van der Waals surface area contributed by atoms with Crippen LogP contribution < -0.4 is 5.73 Å². The van der Waals surface area contributed by atoms with E-state index >= 15 is 0 Å². The Kier molecular flexibility index (Phi) is 6.10. The first-order valence-corrected chi connectivity index (χ1v) is 6.69. The Hall–Kier alpha value is -2.16. The molecule has 1 heterocycles. The van der Waals surface area contributed by atoms with Gasteiger partial charge in [0.15, 0.2) is 0 Å². The number of nitrogens with two attached hydrogens (primary N) is 1. The van der Waals surface area contributed by atoms with Crippen LogP contribution in [0, 0.1) is 22.7 Å². The Morgan fingerprint density at radius 3 is 2.29 bits per heavy atom. The molecule has 1 aliphatic rings. The second kappa shape index (κ2) is 7.58. The van der Waals surface area contributed by atoms with Crippen molar-refractivity contribution in [1.82, 2.24) is 9.80 Å². The fourth-order valence-electron chi connectivity index (χ4n) is 2.25. The zero-order valence-electron chi connectivity index (χ0n) is 11.8. The number of rotatable bonds is 7. The van der Waals surface area contributed by atoms with Crippen LogP contribution in [-0.4, -0.2) is 65.0 Å². The third-order valence-electron chi connectivity index (χ3n) is 3.50. The molecule has 0 bridgehead atoms. The van der Waals surface area contributed by atoms with E-state index in [-0.39, 0.29) is 44.9 Å². The molecule has 1 fully saturated rings. The molecule has 0 aromatic carbocycles. The van der Waals surface area contributed by atoms with E-state index in [1.165, 1.54) is 4.90 Å². The van der Waals surface area contributed by atoms with E-state index < -0.39 is 11.5 Å². The zero-order valence-corrected chi connectivity index (χ0v) is 11.8. The van der Waals surface area contributed by atoms with Gasteiger partial charge < -0.3 is 15.7 Å². The van der Waals surface area contributed by atoms with Gasteiger partial charge in [-0.05, 0) is 6.42 Å². The Labute approximate surface area is 123 Å². The van der Waals surface area contributed by atoms with E-state index in [1.807, 2.05) is 12.1 Å². The lowest BCUT2D eigenvalue weighted by Crippen LogP contribution is -2.51. The molecule has 8 nitrogen and oxygen atoms in total. The summed E-state index contributed by atoms with van der Waals surface area (Å²) in [7, 11) is 0. The average molecular weight is 293 g/mol. The van der Waals surface area contributed by atoms with Crippen LogP contribution >= 0.6 is 0 Å². The summed E-state index contributed by atoms with van der Waals surface area (Å²) in [6.07, 6.45) is 0.701. The van der Waals surface area contributed by atoms with Gasteiger partial charge in [0, 0.05) is 26.2 Å². The molecule has 3 N–H and O–H groups in total. The third kappa shape index (κ3) is 4.71. The van der Waals surface area contributed by atoms with Crippen molar-refractivity contribution in [3.63, 3.8) is 0 Å². The quantitative estimate of drug-likeness (QED) is 0.623. The van der Waals surface area contributed by atoms with E-state index in [9.17, 15) is 9.59 Å². The van der Waals surface area contributed by atoms with Gasteiger partial charge in [-0.1, -0.05) is 0 Å². The summed E-state index contributed by atoms with van der Waals surface area (Å²) in [5, 5.41) is 26.2. The molecule has 1 rings (SSSR count). The highest BCUT2D eigenvalue weighted by Gasteiger charge is 2.41. The van der Waals surface area contributed by atoms with Gasteiger partial charge in [-0.2, -0.15) is 10.5 Å². The van der Waals surface area contributed by atoms with Gasteiger partial charge in [0.25, 0.3) is 0 Å². The third-order valence-corrected chi connectivity index (χ3v) is 3.50. The van der Waals surface area contributed by atoms with Gasteiger partial charge in [-0.25, -0.2) is 0 Å². The molecule has 1 aliphatic heterocycles. The van der Waals surface area contributed by atoms with Crippen LogP contribution in [0.4, 0.5) is 0 Å². The molecular weight excluding hydrogens is 274 g/mol. The van der Waals surface area contributed by atoms with Gasteiger partial charge in [0.2, 0.25) is 5.91 Å². The highest BCUT2D eigenvalue weighted by Crippen LogP contribution is 2.18. The molecule has 114 valence electrons. The summed E-state index contributed by atoms with van der Waals surface area (Å²) in [4.78, 5) is 26.4. The Balaban J connectivity index is 2.56. The molecular formula is C13H19N5O3. The van der Waals surface area contributed by atoms with Crippen LogP contribution in [0.3, 0.4) is 0 Å². The van der Waals surface area contributed by atoms with Crippen molar-refractivity contribution in [2.45, 2.75) is 24.8 Å². The SMILES string of the molecule is N#CCCN(CCC#N)C(=O)CN1CCC(N)(C(=O)O)C1. The molecule has 0 aromatic heterocycles. The minimum absolute atomic E-state index is 0.0586. The zero-order chi connectivity index (χ0) is 15.9. The van der Waals surface area contributed by atoms with Crippen molar-refractivity contribution in [2.24, 2.45) is 5.73 Å². The second-order valence-corrected chi connectivity index (χ2v) is 5.12. The maximum absolute atomic E-state index is 12.2.